The number of carbonyl (C=O) groups is 1. The Morgan fingerprint density at radius 2 is 2.33 bits per heavy atom. The summed E-state index contributed by atoms with van der Waals surface area (Å²) >= 11 is 2.59. The molecule has 2 rings (SSSR count). The first kappa shape index (κ1) is 15.5. The second kappa shape index (κ2) is 6.28. The standard InChI is InChI=1S/C13H15N5OS2/c1-13(2,3)11-16-12(18-17-11)21-7-9(19)15-10-8(6-14)4-5-20-10/h4-5H,7H2,1-3H3,(H,15,19)(H,16,17,18). The second-order valence-electron chi connectivity index (χ2n) is 5.33. The van der Waals surface area contributed by atoms with Crippen LogP contribution in [0.3, 0.4) is 0 Å². The minimum absolute atomic E-state index is 0.104. The molecule has 0 radical (unpaired) electrons. The van der Waals surface area contributed by atoms with Gasteiger partial charge < -0.3 is 5.32 Å². The van der Waals surface area contributed by atoms with Gasteiger partial charge in [0, 0.05) is 5.41 Å². The lowest BCUT2D eigenvalue weighted by atomic mass is 9.96. The first-order chi connectivity index (χ1) is 9.90. The van der Waals surface area contributed by atoms with Gasteiger partial charge in [0.05, 0.1) is 11.3 Å². The monoisotopic (exact) mass is 321 g/mol. The molecule has 2 heterocycles. The Hall–Kier alpha value is -1.85. The van der Waals surface area contributed by atoms with Crippen molar-refractivity contribution in [3.05, 3.63) is 22.8 Å². The third kappa shape index (κ3) is 4.06. The van der Waals surface area contributed by atoms with Crippen molar-refractivity contribution in [3.8, 4) is 6.07 Å². The van der Waals surface area contributed by atoms with E-state index in [2.05, 4.69) is 20.5 Å². The number of anilines is 1. The van der Waals surface area contributed by atoms with Gasteiger partial charge in [-0.3, -0.25) is 9.89 Å². The van der Waals surface area contributed by atoms with Crippen molar-refractivity contribution in [2.24, 2.45) is 0 Å². The lowest BCUT2D eigenvalue weighted by Crippen LogP contribution is -2.14. The largest absolute Gasteiger partial charge is 0.316 e. The minimum atomic E-state index is -0.180. The maximum Gasteiger partial charge on any atom is 0.235 e. The lowest BCUT2D eigenvalue weighted by Gasteiger charge is -2.12. The first-order valence-electron chi connectivity index (χ1n) is 6.23. The summed E-state index contributed by atoms with van der Waals surface area (Å²) in [7, 11) is 0. The van der Waals surface area contributed by atoms with Gasteiger partial charge in [-0.1, -0.05) is 32.5 Å². The number of hydrogen-bond donors (Lipinski definition) is 2. The number of rotatable bonds is 4. The molecule has 0 unspecified atom stereocenters. The van der Waals surface area contributed by atoms with Gasteiger partial charge in [0.2, 0.25) is 11.1 Å². The van der Waals surface area contributed by atoms with E-state index in [1.165, 1.54) is 23.1 Å². The Kier molecular flexibility index (Phi) is 4.65. The molecule has 0 fully saturated rings. The zero-order valence-corrected chi connectivity index (χ0v) is 13.6. The Labute approximate surface area is 131 Å². The van der Waals surface area contributed by atoms with Gasteiger partial charge >= 0.3 is 0 Å². The summed E-state index contributed by atoms with van der Waals surface area (Å²) in [5, 5.41) is 21.5. The minimum Gasteiger partial charge on any atom is -0.316 e. The topological polar surface area (TPSA) is 94.5 Å². The van der Waals surface area contributed by atoms with E-state index in [1.807, 2.05) is 26.8 Å². The molecule has 0 saturated heterocycles. The van der Waals surface area contributed by atoms with Crippen molar-refractivity contribution < 1.29 is 4.79 Å². The number of aromatic nitrogens is 3. The smallest absolute Gasteiger partial charge is 0.235 e. The fourth-order valence-corrected chi connectivity index (χ4v) is 2.79. The molecule has 0 aliphatic rings. The molecule has 0 spiro atoms. The number of amides is 1. The summed E-state index contributed by atoms with van der Waals surface area (Å²) in [5.41, 5.74) is 0.374. The average molecular weight is 321 g/mol. The van der Waals surface area contributed by atoms with E-state index in [1.54, 1.807) is 11.4 Å². The van der Waals surface area contributed by atoms with Gasteiger partial charge in [-0.2, -0.15) is 5.26 Å². The highest BCUT2D eigenvalue weighted by molar-refractivity contribution is 7.99. The molecule has 0 saturated carbocycles. The van der Waals surface area contributed by atoms with E-state index in [-0.39, 0.29) is 17.1 Å². The van der Waals surface area contributed by atoms with Crippen LogP contribution in [0, 0.1) is 11.3 Å². The van der Waals surface area contributed by atoms with Gasteiger partial charge in [-0.15, -0.1) is 16.4 Å². The molecule has 0 aliphatic heterocycles. The van der Waals surface area contributed by atoms with E-state index in [0.717, 1.165) is 5.82 Å². The predicted molar refractivity (Wildman–Crippen MR) is 83.5 cm³/mol. The Morgan fingerprint density at radius 1 is 1.57 bits per heavy atom. The third-order valence-electron chi connectivity index (χ3n) is 2.55. The first-order valence-corrected chi connectivity index (χ1v) is 8.10. The molecule has 8 heteroatoms. The SMILES string of the molecule is CC(C)(C)c1nc(SCC(=O)Nc2sccc2C#N)n[nH]1. The number of nitrogens with zero attached hydrogens (tertiary/aromatic N) is 3. The summed E-state index contributed by atoms with van der Waals surface area (Å²) in [6, 6.07) is 3.71. The molecule has 2 aromatic heterocycles. The number of aromatic amines is 1. The molecule has 1 amide bonds. The van der Waals surface area contributed by atoms with Crippen LogP contribution in [-0.4, -0.2) is 26.8 Å². The molecule has 2 N–H and O–H groups in total. The van der Waals surface area contributed by atoms with Crippen LogP contribution in [0.15, 0.2) is 16.6 Å². The van der Waals surface area contributed by atoms with Crippen LogP contribution in [0.5, 0.6) is 0 Å². The highest BCUT2D eigenvalue weighted by atomic mass is 32.2. The highest BCUT2D eigenvalue weighted by Crippen LogP contribution is 2.24. The fraction of sp³-hybridized carbons (Fsp3) is 0.385. The number of H-pyrrole nitrogens is 1. The van der Waals surface area contributed by atoms with Gasteiger partial charge in [0.15, 0.2) is 0 Å². The summed E-state index contributed by atoms with van der Waals surface area (Å²) in [6.07, 6.45) is 0. The number of nitriles is 1. The lowest BCUT2D eigenvalue weighted by molar-refractivity contribution is -0.113. The van der Waals surface area contributed by atoms with E-state index >= 15 is 0 Å². The van der Waals surface area contributed by atoms with Crippen LogP contribution in [0.25, 0.3) is 0 Å². The Balaban J connectivity index is 1.90. The van der Waals surface area contributed by atoms with Crippen molar-refractivity contribution in [2.45, 2.75) is 31.3 Å². The van der Waals surface area contributed by atoms with Crippen LogP contribution < -0.4 is 5.32 Å². The van der Waals surface area contributed by atoms with Crippen LogP contribution in [0.4, 0.5) is 5.00 Å². The molecular weight excluding hydrogens is 306 g/mol. The average Bonchev–Trinajstić information content (AvgIpc) is 3.04. The molecule has 110 valence electrons. The maximum atomic E-state index is 11.9. The Bertz CT molecular complexity index is 677. The molecule has 0 aromatic carbocycles. The fourth-order valence-electron chi connectivity index (χ4n) is 1.43. The van der Waals surface area contributed by atoms with Gasteiger partial charge in [-0.05, 0) is 11.4 Å². The maximum absolute atomic E-state index is 11.9. The molecule has 6 nitrogen and oxygen atoms in total. The molecule has 0 aliphatic carbocycles. The van der Waals surface area contributed by atoms with Gasteiger partial charge in [0.1, 0.15) is 16.9 Å². The van der Waals surface area contributed by atoms with Crippen LogP contribution in [0.2, 0.25) is 0 Å². The number of hydrogen-bond acceptors (Lipinski definition) is 6. The zero-order valence-electron chi connectivity index (χ0n) is 11.9. The number of nitrogens with one attached hydrogen (secondary N) is 2. The Morgan fingerprint density at radius 3 is 2.95 bits per heavy atom. The van der Waals surface area contributed by atoms with Crippen molar-refractivity contribution in [2.75, 3.05) is 11.1 Å². The van der Waals surface area contributed by atoms with Crippen molar-refractivity contribution in [1.29, 1.82) is 5.26 Å². The van der Waals surface area contributed by atoms with Gasteiger partial charge in [-0.25, -0.2) is 4.98 Å². The molecule has 2 aromatic rings. The summed E-state index contributed by atoms with van der Waals surface area (Å²) in [6.45, 7) is 6.11. The van der Waals surface area contributed by atoms with Crippen LogP contribution >= 0.6 is 23.1 Å². The summed E-state index contributed by atoms with van der Waals surface area (Å²) < 4.78 is 0. The van der Waals surface area contributed by atoms with E-state index in [4.69, 9.17) is 5.26 Å². The molecule has 0 bridgehead atoms. The van der Waals surface area contributed by atoms with Crippen LogP contribution in [-0.2, 0) is 10.2 Å². The molecule has 21 heavy (non-hydrogen) atoms. The molecular formula is C13H15N5OS2. The highest BCUT2D eigenvalue weighted by Gasteiger charge is 2.19. The number of thiophene rings is 1. The van der Waals surface area contributed by atoms with E-state index < -0.39 is 0 Å². The molecule has 0 atom stereocenters. The quantitative estimate of drug-likeness (QED) is 0.844. The normalized spacial score (nSPS) is 11.1. The van der Waals surface area contributed by atoms with Crippen molar-refractivity contribution >= 4 is 34.0 Å². The number of carbonyl (C=O) groups excluding carboxylic acids is 1. The third-order valence-corrected chi connectivity index (χ3v) is 4.22. The van der Waals surface area contributed by atoms with Gasteiger partial charge in [0.25, 0.3) is 0 Å². The second-order valence-corrected chi connectivity index (χ2v) is 7.19. The summed E-state index contributed by atoms with van der Waals surface area (Å²) in [4.78, 5) is 16.2. The van der Waals surface area contributed by atoms with E-state index in [0.29, 0.717) is 15.7 Å². The van der Waals surface area contributed by atoms with Crippen molar-refractivity contribution in [3.63, 3.8) is 0 Å². The van der Waals surface area contributed by atoms with Crippen molar-refractivity contribution in [1.82, 2.24) is 15.2 Å². The van der Waals surface area contributed by atoms with E-state index in [9.17, 15) is 4.79 Å². The number of thioether (sulfide) groups is 1. The van der Waals surface area contributed by atoms with Crippen LogP contribution in [0.1, 0.15) is 32.2 Å². The summed E-state index contributed by atoms with van der Waals surface area (Å²) in [5.74, 6) is 0.806. The predicted octanol–water partition coefficient (Wildman–Crippen LogP) is 2.77. The zero-order chi connectivity index (χ0) is 15.5.